The van der Waals surface area contributed by atoms with Crippen molar-refractivity contribution in [3.05, 3.63) is 0 Å². The zero-order valence-corrected chi connectivity index (χ0v) is 11.4. The van der Waals surface area contributed by atoms with Gasteiger partial charge in [0.25, 0.3) is 10.2 Å². The summed E-state index contributed by atoms with van der Waals surface area (Å²) < 4.78 is 27.5. The third-order valence-electron chi connectivity index (χ3n) is 3.08. The minimum Gasteiger partial charge on any atom is -0.396 e. The summed E-state index contributed by atoms with van der Waals surface area (Å²) in [5.74, 6) is 0.404. The fraction of sp³-hybridized carbons (Fsp3) is 1.00. The van der Waals surface area contributed by atoms with Gasteiger partial charge in [-0.1, -0.05) is 0 Å². The minimum absolute atomic E-state index is 0.00722. The van der Waals surface area contributed by atoms with E-state index in [0.717, 1.165) is 19.5 Å². The summed E-state index contributed by atoms with van der Waals surface area (Å²) in [5, 5.41) is 8.67. The third kappa shape index (κ3) is 4.89. The number of likely N-dealkylation sites (tertiary alicyclic amines) is 1. The highest BCUT2D eigenvalue weighted by atomic mass is 32.2. The van der Waals surface area contributed by atoms with E-state index in [9.17, 15) is 8.42 Å². The molecule has 17 heavy (non-hydrogen) atoms. The molecule has 0 aromatic heterocycles. The van der Waals surface area contributed by atoms with E-state index in [-0.39, 0.29) is 6.61 Å². The van der Waals surface area contributed by atoms with E-state index < -0.39 is 10.2 Å². The summed E-state index contributed by atoms with van der Waals surface area (Å²) in [6.07, 6.45) is 1.50. The van der Waals surface area contributed by atoms with Crippen molar-refractivity contribution in [3.63, 3.8) is 0 Å². The molecule has 0 saturated carbocycles. The van der Waals surface area contributed by atoms with Crippen molar-refractivity contribution < 1.29 is 13.5 Å². The van der Waals surface area contributed by atoms with Crippen LogP contribution in [-0.4, -0.2) is 69.6 Å². The van der Waals surface area contributed by atoms with Crippen LogP contribution in [0.1, 0.15) is 12.8 Å². The first-order valence-corrected chi connectivity index (χ1v) is 7.40. The first kappa shape index (κ1) is 14.8. The van der Waals surface area contributed by atoms with Gasteiger partial charge >= 0.3 is 0 Å². The molecule has 1 aliphatic heterocycles. The molecular formula is C10H23N3O3S. The van der Waals surface area contributed by atoms with Gasteiger partial charge in [0, 0.05) is 33.3 Å². The lowest BCUT2D eigenvalue weighted by Crippen LogP contribution is -2.41. The SMILES string of the molecule is CN1CCC(CNS(=O)(=O)N(C)CCCO)C1. The molecule has 0 bridgehead atoms. The van der Waals surface area contributed by atoms with Crippen LogP contribution >= 0.6 is 0 Å². The molecule has 1 aliphatic rings. The quantitative estimate of drug-likeness (QED) is 0.625. The molecule has 1 atom stereocenters. The number of aliphatic hydroxyl groups is 1. The van der Waals surface area contributed by atoms with Crippen LogP contribution in [0.5, 0.6) is 0 Å². The lowest BCUT2D eigenvalue weighted by Gasteiger charge is -2.19. The van der Waals surface area contributed by atoms with Crippen LogP contribution in [0.4, 0.5) is 0 Å². The Morgan fingerprint density at radius 2 is 2.24 bits per heavy atom. The third-order valence-corrected chi connectivity index (χ3v) is 4.62. The second-order valence-electron chi connectivity index (χ2n) is 4.67. The van der Waals surface area contributed by atoms with Crippen LogP contribution in [0, 0.1) is 5.92 Å². The second kappa shape index (κ2) is 6.65. The fourth-order valence-corrected chi connectivity index (χ4v) is 2.98. The van der Waals surface area contributed by atoms with Crippen LogP contribution in [0.2, 0.25) is 0 Å². The van der Waals surface area contributed by atoms with Gasteiger partial charge in [-0.25, -0.2) is 4.72 Å². The van der Waals surface area contributed by atoms with Crippen molar-refractivity contribution in [1.82, 2.24) is 13.9 Å². The Morgan fingerprint density at radius 1 is 1.53 bits per heavy atom. The number of hydrogen-bond donors (Lipinski definition) is 2. The van der Waals surface area contributed by atoms with E-state index in [2.05, 4.69) is 9.62 Å². The van der Waals surface area contributed by atoms with Crippen molar-refractivity contribution in [2.24, 2.45) is 5.92 Å². The maximum Gasteiger partial charge on any atom is 0.279 e. The van der Waals surface area contributed by atoms with Gasteiger partial charge in [-0.3, -0.25) is 0 Å². The van der Waals surface area contributed by atoms with Crippen LogP contribution in [0.15, 0.2) is 0 Å². The Morgan fingerprint density at radius 3 is 2.76 bits per heavy atom. The van der Waals surface area contributed by atoms with E-state index in [1.165, 1.54) is 11.4 Å². The van der Waals surface area contributed by atoms with Gasteiger partial charge in [-0.2, -0.15) is 12.7 Å². The van der Waals surface area contributed by atoms with E-state index in [1.54, 1.807) is 0 Å². The largest absolute Gasteiger partial charge is 0.396 e. The summed E-state index contributed by atoms with van der Waals surface area (Å²) in [6, 6.07) is 0. The van der Waals surface area contributed by atoms with E-state index >= 15 is 0 Å². The Labute approximate surface area is 104 Å². The van der Waals surface area contributed by atoms with Crippen LogP contribution in [-0.2, 0) is 10.2 Å². The normalized spacial score (nSPS) is 22.5. The molecule has 1 rings (SSSR count). The van der Waals surface area contributed by atoms with Crippen LogP contribution in [0.3, 0.4) is 0 Å². The van der Waals surface area contributed by atoms with E-state index in [1.807, 2.05) is 7.05 Å². The molecular weight excluding hydrogens is 242 g/mol. The van der Waals surface area contributed by atoms with Crippen molar-refractivity contribution in [1.29, 1.82) is 0 Å². The number of aliphatic hydroxyl groups excluding tert-OH is 1. The second-order valence-corrected chi connectivity index (χ2v) is 6.53. The molecule has 0 amide bonds. The average molecular weight is 265 g/mol. The number of rotatable bonds is 7. The fourth-order valence-electron chi connectivity index (χ4n) is 1.94. The molecule has 1 saturated heterocycles. The minimum atomic E-state index is -3.38. The lowest BCUT2D eigenvalue weighted by atomic mass is 10.1. The molecule has 0 radical (unpaired) electrons. The first-order valence-electron chi connectivity index (χ1n) is 5.96. The highest BCUT2D eigenvalue weighted by Gasteiger charge is 2.23. The van der Waals surface area contributed by atoms with Gasteiger partial charge in [0.1, 0.15) is 0 Å². The molecule has 0 aromatic carbocycles. The molecule has 1 unspecified atom stereocenters. The van der Waals surface area contributed by atoms with Crippen molar-refractivity contribution in [3.8, 4) is 0 Å². The molecule has 102 valence electrons. The molecule has 0 aliphatic carbocycles. The number of hydrogen-bond acceptors (Lipinski definition) is 4. The average Bonchev–Trinajstić information content (AvgIpc) is 2.69. The maximum absolute atomic E-state index is 11.8. The zero-order chi connectivity index (χ0) is 12.9. The Bertz CT molecular complexity index is 321. The Hall–Kier alpha value is -0.210. The molecule has 2 N–H and O–H groups in total. The van der Waals surface area contributed by atoms with E-state index in [0.29, 0.717) is 25.4 Å². The van der Waals surface area contributed by atoms with Crippen molar-refractivity contribution in [2.75, 3.05) is 46.9 Å². The predicted molar refractivity (Wildman–Crippen MR) is 66.9 cm³/mol. The Kier molecular flexibility index (Phi) is 5.81. The number of nitrogens with one attached hydrogen (secondary N) is 1. The highest BCUT2D eigenvalue weighted by molar-refractivity contribution is 7.87. The molecule has 0 aromatic rings. The molecule has 6 nitrogen and oxygen atoms in total. The Balaban J connectivity index is 2.33. The summed E-state index contributed by atoms with van der Waals surface area (Å²) in [4.78, 5) is 2.20. The lowest BCUT2D eigenvalue weighted by molar-refractivity contribution is 0.275. The van der Waals surface area contributed by atoms with Crippen LogP contribution < -0.4 is 4.72 Å². The summed E-state index contributed by atoms with van der Waals surface area (Å²) >= 11 is 0. The van der Waals surface area contributed by atoms with Gasteiger partial charge in [0.05, 0.1) is 0 Å². The summed E-state index contributed by atoms with van der Waals surface area (Å²) in [7, 11) is 0.186. The molecule has 0 spiro atoms. The monoisotopic (exact) mass is 265 g/mol. The zero-order valence-electron chi connectivity index (χ0n) is 10.6. The van der Waals surface area contributed by atoms with Gasteiger partial charge in [-0.05, 0) is 32.4 Å². The maximum atomic E-state index is 11.8. The first-order chi connectivity index (χ1) is 7.95. The van der Waals surface area contributed by atoms with Crippen LogP contribution in [0.25, 0.3) is 0 Å². The standard InChI is InChI=1S/C10H23N3O3S/c1-12-6-4-10(9-12)8-11-17(15,16)13(2)5-3-7-14/h10-11,14H,3-9H2,1-2H3. The van der Waals surface area contributed by atoms with Gasteiger partial charge < -0.3 is 10.0 Å². The summed E-state index contributed by atoms with van der Waals surface area (Å²) in [5.41, 5.74) is 0. The smallest absolute Gasteiger partial charge is 0.279 e. The molecule has 1 fully saturated rings. The number of nitrogens with zero attached hydrogens (tertiary/aromatic N) is 2. The van der Waals surface area contributed by atoms with Gasteiger partial charge in [0.2, 0.25) is 0 Å². The van der Waals surface area contributed by atoms with Crippen molar-refractivity contribution in [2.45, 2.75) is 12.8 Å². The van der Waals surface area contributed by atoms with Gasteiger partial charge in [0.15, 0.2) is 0 Å². The topological polar surface area (TPSA) is 72.9 Å². The van der Waals surface area contributed by atoms with E-state index in [4.69, 9.17) is 5.11 Å². The highest BCUT2D eigenvalue weighted by Crippen LogP contribution is 2.13. The van der Waals surface area contributed by atoms with Gasteiger partial charge in [-0.15, -0.1) is 0 Å². The summed E-state index contributed by atoms with van der Waals surface area (Å²) in [6.45, 7) is 2.83. The predicted octanol–water partition coefficient (Wildman–Crippen LogP) is -0.913. The molecule has 7 heteroatoms. The van der Waals surface area contributed by atoms with Crippen molar-refractivity contribution >= 4 is 10.2 Å². The molecule has 1 heterocycles.